The molecule has 2 aromatic rings. The van der Waals surface area contributed by atoms with Gasteiger partial charge in [0, 0.05) is 6.54 Å². The molecule has 4 heteroatoms. The Hall–Kier alpha value is -1.81. The van der Waals surface area contributed by atoms with E-state index in [0.29, 0.717) is 12.1 Å². The predicted octanol–water partition coefficient (Wildman–Crippen LogP) is 4.14. The fraction of sp³-hybridized carbons (Fsp3) is 0.200. The minimum atomic E-state index is -4.36. The van der Waals surface area contributed by atoms with Gasteiger partial charge in [-0.2, -0.15) is 13.2 Å². The van der Waals surface area contributed by atoms with Gasteiger partial charge >= 0.3 is 6.18 Å². The quantitative estimate of drug-likeness (QED) is 0.867. The Kier molecular flexibility index (Phi) is 3.62. The maximum atomic E-state index is 13.0. The summed E-state index contributed by atoms with van der Waals surface area (Å²) in [5.41, 5.74) is 7.41. The van der Waals surface area contributed by atoms with Crippen LogP contribution in [0.1, 0.15) is 16.7 Å². The van der Waals surface area contributed by atoms with Crippen LogP contribution in [-0.4, -0.2) is 0 Å². The Balaban J connectivity index is 2.67. The van der Waals surface area contributed by atoms with Crippen molar-refractivity contribution in [2.75, 3.05) is 0 Å². The lowest BCUT2D eigenvalue weighted by Crippen LogP contribution is -2.08. The lowest BCUT2D eigenvalue weighted by molar-refractivity contribution is -0.137. The number of hydrogen-bond donors (Lipinski definition) is 1. The molecule has 2 N–H and O–H groups in total. The first-order valence-electron chi connectivity index (χ1n) is 5.90. The molecule has 0 aliphatic carbocycles. The maximum absolute atomic E-state index is 13.0. The zero-order chi connectivity index (χ0) is 14.0. The van der Waals surface area contributed by atoms with Gasteiger partial charge in [0.15, 0.2) is 0 Å². The fourth-order valence-corrected chi connectivity index (χ4v) is 2.16. The standard InChI is InChI=1S/C15H14F3N/c1-10-11(9-19)5-4-7-12(10)13-6-2-3-8-14(13)15(16,17)18/h2-8H,9,19H2,1H3. The van der Waals surface area contributed by atoms with Crippen LogP contribution in [0.3, 0.4) is 0 Å². The second kappa shape index (κ2) is 5.05. The molecule has 0 unspecified atom stereocenters. The second-order valence-corrected chi connectivity index (χ2v) is 4.34. The van der Waals surface area contributed by atoms with Crippen LogP contribution in [0.4, 0.5) is 13.2 Å². The molecule has 0 aromatic heterocycles. The van der Waals surface area contributed by atoms with Crippen molar-refractivity contribution in [2.24, 2.45) is 5.73 Å². The highest BCUT2D eigenvalue weighted by molar-refractivity contribution is 5.72. The van der Waals surface area contributed by atoms with Crippen molar-refractivity contribution < 1.29 is 13.2 Å². The molecule has 0 radical (unpaired) electrons. The lowest BCUT2D eigenvalue weighted by atomic mass is 9.93. The third-order valence-electron chi connectivity index (χ3n) is 3.19. The van der Waals surface area contributed by atoms with E-state index >= 15 is 0 Å². The molecule has 0 saturated heterocycles. The van der Waals surface area contributed by atoms with Crippen LogP contribution < -0.4 is 5.73 Å². The summed E-state index contributed by atoms with van der Waals surface area (Å²) in [7, 11) is 0. The van der Waals surface area contributed by atoms with Gasteiger partial charge in [-0.25, -0.2) is 0 Å². The molecule has 0 aliphatic heterocycles. The van der Waals surface area contributed by atoms with Crippen LogP contribution in [0.25, 0.3) is 11.1 Å². The van der Waals surface area contributed by atoms with E-state index in [2.05, 4.69) is 0 Å². The van der Waals surface area contributed by atoms with E-state index in [1.54, 1.807) is 25.1 Å². The van der Waals surface area contributed by atoms with Crippen molar-refractivity contribution in [3.63, 3.8) is 0 Å². The number of benzene rings is 2. The highest BCUT2D eigenvalue weighted by atomic mass is 19.4. The minimum Gasteiger partial charge on any atom is -0.326 e. The van der Waals surface area contributed by atoms with Crippen molar-refractivity contribution in [1.82, 2.24) is 0 Å². The van der Waals surface area contributed by atoms with Gasteiger partial charge in [0.2, 0.25) is 0 Å². The average molecular weight is 265 g/mol. The molecule has 0 bridgehead atoms. The zero-order valence-electron chi connectivity index (χ0n) is 10.5. The summed E-state index contributed by atoms with van der Waals surface area (Å²) >= 11 is 0. The Morgan fingerprint density at radius 3 is 2.21 bits per heavy atom. The first-order chi connectivity index (χ1) is 8.95. The van der Waals surface area contributed by atoms with Gasteiger partial charge in [0.25, 0.3) is 0 Å². The molecule has 2 rings (SSSR count). The molecule has 100 valence electrons. The SMILES string of the molecule is Cc1c(CN)cccc1-c1ccccc1C(F)(F)F. The summed E-state index contributed by atoms with van der Waals surface area (Å²) in [6.45, 7) is 2.11. The zero-order valence-corrected chi connectivity index (χ0v) is 10.5. The molecule has 0 heterocycles. The van der Waals surface area contributed by atoms with Crippen molar-refractivity contribution in [2.45, 2.75) is 19.6 Å². The van der Waals surface area contributed by atoms with Crippen LogP contribution in [0.2, 0.25) is 0 Å². The van der Waals surface area contributed by atoms with Gasteiger partial charge in [-0.15, -0.1) is 0 Å². The molecular formula is C15H14F3N. The van der Waals surface area contributed by atoms with Gasteiger partial charge in [-0.3, -0.25) is 0 Å². The Morgan fingerprint density at radius 2 is 1.58 bits per heavy atom. The van der Waals surface area contributed by atoms with Crippen molar-refractivity contribution in [1.29, 1.82) is 0 Å². The van der Waals surface area contributed by atoms with E-state index in [4.69, 9.17) is 5.73 Å². The van der Waals surface area contributed by atoms with Gasteiger partial charge in [-0.1, -0.05) is 36.4 Å². The highest BCUT2D eigenvalue weighted by Crippen LogP contribution is 2.38. The van der Waals surface area contributed by atoms with Gasteiger partial charge in [0.05, 0.1) is 5.56 Å². The summed E-state index contributed by atoms with van der Waals surface area (Å²) < 4.78 is 39.1. The minimum absolute atomic E-state index is 0.197. The van der Waals surface area contributed by atoms with Crippen LogP contribution in [0.15, 0.2) is 42.5 Å². The molecule has 0 aliphatic rings. The number of halogens is 3. The summed E-state index contributed by atoms with van der Waals surface area (Å²) in [5.74, 6) is 0. The first-order valence-corrected chi connectivity index (χ1v) is 5.90. The summed E-state index contributed by atoms with van der Waals surface area (Å²) in [6.07, 6.45) is -4.36. The van der Waals surface area contributed by atoms with Crippen molar-refractivity contribution in [3.8, 4) is 11.1 Å². The Bertz CT molecular complexity index is 588. The van der Waals surface area contributed by atoms with E-state index < -0.39 is 11.7 Å². The molecule has 0 spiro atoms. The van der Waals surface area contributed by atoms with Crippen LogP contribution in [-0.2, 0) is 12.7 Å². The molecular weight excluding hydrogens is 251 g/mol. The summed E-state index contributed by atoms with van der Waals surface area (Å²) in [6, 6.07) is 10.9. The number of hydrogen-bond acceptors (Lipinski definition) is 1. The van der Waals surface area contributed by atoms with Crippen LogP contribution in [0, 0.1) is 6.92 Å². The van der Waals surface area contributed by atoms with E-state index in [-0.39, 0.29) is 5.56 Å². The lowest BCUT2D eigenvalue weighted by Gasteiger charge is -2.16. The molecule has 0 fully saturated rings. The van der Waals surface area contributed by atoms with Gasteiger partial charge in [-0.05, 0) is 35.2 Å². The largest absolute Gasteiger partial charge is 0.417 e. The first kappa shape index (κ1) is 13.6. The summed E-state index contributed by atoms with van der Waals surface area (Å²) in [5, 5.41) is 0. The maximum Gasteiger partial charge on any atom is 0.417 e. The molecule has 2 aromatic carbocycles. The molecule has 0 amide bonds. The average Bonchev–Trinajstić information content (AvgIpc) is 2.38. The molecule has 0 atom stereocenters. The van der Waals surface area contributed by atoms with Crippen LogP contribution >= 0.6 is 0 Å². The van der Waals surface area contributed by atoms with Crippen molar-refractivity contribution in [3.05, 3.63) is 59.2 Å². The monoisotopic (exact) mass is 265 g/mol. The van der Waals surface area contributed by atoms with E-state index in [0.717, 1.165) is 17.2 Å². The van der Waals surface area contributed by atoms with Gasteiger partial charge in [0.1, 0.15) is 0 Å². The number of nitrogens with two attached hydrogens (primary N) is 1. The Morgan fingerprint density at radius 1 is 0.947 bits per heavy atom. The smallest absolute Gasteiger partial charge is 0.326 e. The summed E-state index contributed by atoms with van der Waals surface area (Å²) in [4.78, 5) is 0. The van der Waals surface area contributed by atoms with Crippen LogP contribution in [0.5, 0.6) is 0 Å². The number of rotatable bonds is 2. The van der Waals surface area contributed by atoms with E-state index in [9.17, 15) is 13.2 Å². The highest BCUT2D eigenvalue weighted by Gasteiger charge is 2.33. The molecule has 0 saturated carbocycles. The second-order valence-electron chi connectivity index (χ2n) is 4.34. The third-order valence-corrected chi connectivity index (χ3v) is 3.19. The Labute approximate surface area is 109 Å². The molecule has 19 heavy (non-hydrogen) atoms. The van der Waals surface area contributed by atoms with Gasteiger partial charge < -0.3 is 5.73 Å². The third kappa shape index (κ3) is 2.63. The van der Waals surface area contributed by atoms with E-state index in [1.165, 1.54) is 12.1 Å². The topological polar surface area (TPSA) is 26.0 Å². The number of alkyl halides is 3. The molecule has 1 nitrogen and oxygen atoms in total. The predicted molar refractivity (Wildman–Crippen MR) is 69.5 cm³/mol. The van der Waals surface area contributed by atoms with Crippen molar-refractivity contribution >= 4 is 0 Å². The fourth-order valence-electron chi connectivity index (χ4n) is 2.16. The normalized spacial score (nSPS) is 11.6. The van der Waals surface area contributed by atoms with E-state index in [1.807, 2.05) is 6.07 Å².